The zero-order chi connectivity index (χ0) is 13.9. The number of carboxylic acid groups (broad SMARTS) is 1. The van der Waals surface area contributed by atoms with E-state index in [9.17, 15) is 18.0 Å². The van der Waals surface area contributed by atoms with Crippen molar-refractivity contribution in [2.45, 2.75) is 12.8 Å². The summed E-state index contributed by atoms with van der Waals surface area (Å²) in [6.45, 7) is 0. The maximum Gasteiger partial charge on any atom is 0.574 e. The van der Waals surface area contributed by atoms with E-state index in [-0.39, 0.29) is 11.3 Å². The van der Waals surface area contributed by atoms with Gasteiger partial charge in [0.05, 0.1) is 12.1 Å². The zero-order valence-corrected chi connectivity index (χ0v) is 8.65. The molecule has 0 aliphatic carbocycles. The molecule has 96 valence electrons. The van der Waals surface area contributed by atoms with Gasteiger partial charge in [-0.15, -0.1) is 13.2 Å². The van der Waals surface area contributed by atoms with Crippen LogP contribution in [-0.4, -0.2) is 22.4 Å². The fourth-order valence-corrected chi connectivity index (χ4v) is 1.13. The van der Waals surface area contributed by atoms with Crippen molar-refractivity contribution in [3.63, 3.8) is 0 Å². The normalized spacial score (nSPS) is 10.8. The fraction of sp³-hybridized carbons (Fsp3) is 0.222. The summed E-state index contributed by atoms with van der Waals surface area (Å²) in [7, 11) is 0. The van der Waals surface area contributed by atoms with Crippen LogP contribution in [0.1, 0.15) is 11.3 Å². The van der Waals surface area contributed by atoms with Crippen molar-refractivity contribution in [2.75, 3.05) is 5.73 Å². The van der Waals surface area contributed by atoms with E-state index >= 15 is 0 Å². The molecule has 0 bridgehead atoms. The molecule has 1 rings (SSSR count). The van der Waals surface area contributed by atoms with E-state index in [4.69, 9.17) is 16.1 Å². The van der Waals surface area contributed by atoms with Gasteiger partial charge in [0, 0.05) is 5.56 Å². The van der Waals surface area contributed by atoms with Crippen molar-refractivity contribution in [1.29, 1.82) is 5.26 Å². The third-order valence-electron chi connectivity index (χ3n) is 1.75. The summed E-state index contributed by atoms with van der Waals surface area (Å²) >= 11 is 0. The average Bonchev–Trinajstić information content (AvgIpc) is 2.19. The highest BCUT2D eigenvalue weighted by molar-refractivity contribution is 5.72. The highest BCUT2D eigenvalue weighted by atomic mass is 19.4. The molecule has 0 atom stereocenters. The van der Waals surface area contributed by atoms with E-state index < -0.39 is 30.3 Å². The molecule has 6 nitrogen and oxygen atoms in total. The molecule has 1 aromatic heterocycles. The van der Waals surface area contributed by atoms with Crippen LogP contribution in [0.15, 0.2) is 6.07 Å². The van der Waals surface area contributed by atoms with Crippen LogP contribution >= 0.6 is 0 Å². The monoisotopic (exact) mass is 261 g/mol. The number of aromatic nitrogens is 1. The number of anilines is 1. The number of carboxylic acids is 1. The van der Waals surface area contributed by atoms with E-state index in [1.807, 2.05) is 0 Å². The van der Waals surface area contributed by atoms with E-state index in [0.717, 1.165) is 6.07 Å². The van der Waals surface area contributed by atoms with Crippen LogP contribution in [0.3, 0.4) is 0 Å². The average molecular weight is 261 g/mol. The third kappa shape index (κ3) is 3.51. The number of ether oxygens (including phenoxy) is 1. The molecule has 0 aromatic carbocycles. The quantitative estimate of drug-likeness (QED) is 0.841. The third-order valence-corrected chi connectivity index (χ3v) is 1.75. The number of alkyl halides is 3. The van der Waals surface area contributed by atoms with Crippen LogP contribution in [0.2, 0.25) is 0 Å². The number of carbonyl (C=O) groups is 1. The van der Waals surface area contributed by atoms with Gasteiger partial charge in [0.15, 0.2) is 5.69 Å². The summed E-state index contributed by atoms with van der Waals surface area (Å²) in [5.74, 6) is -2.37. The molecule has 0 saturated carbocycles. The van der Waals surface area contributed by atoms with Crippen molar-refractivity contribution in [3.8, 4) is 11.9 Å². The molecule has 1 heterocycles. The lowest BCUT2D eigenvalue weighted by atomic mass is 10.1. The first kappa shape index (κ1) is 13.6. The molecule has 1 aromatic rings. The summed E-state index contributed by atoms with van der Waals surface area (Å²) in [4.78, 5) is 13.7. The predicted molar refractivity (Wildman–Crippen MR) is 51.4 cm³/mol. The molecule has 0 spiro atoms. The van der Waals surface area contributed by atoms with Crippen molar-refractivity contribution < 1.29 is 27.8 Å². The number of pyridine rings is 1. The summed E-state index contributed by atoms with van der Waals surface area (Å²) in [6, 6.07) is 2.39. The number of rotatable bonds is 3. The van der Waals surface area contributed by atoms with Crippen LogP contribution in [0.25, 0.3) is 0 Å². The van der Waals surface area contributed by atoms with Gasteiger partial charge in [0.1, 0.15) is 6.07 Å². The standard InChI is InChI=1S/C9H6F3N3O3/c10-9(11,12)18-8-4(2-7(16)17)1-5(14)6(3-13)15-8/h1H,2,14H2,(H,16,17). The number of aliphatic carboxylic acids is 1. The number of nitrogen functional groups attached to an aromatic ring is 1. The van der Waals surface area contributed by atoms with Crippen LogP contribution in [0, 0.1) is 11.3 Å². The molecule has 9 heteroatoms. The Kier molecular flexibility index (Phi) is 3.61. The number of hydrogen-bond acceptors (Lipinski definition) is 5. The first-order valence-corrected chi connectivity index (χ1v) is 4.40. The van der Waals surface area contributed by atoms with Gasteiger partial charge in [-0.2, -0.15) is 10.2 Å². The summed E-state index contributed by atoms with van der Waals surface area (Å²) in [5.41, 5.74) is 4.27. The first-order chi connectivity index (χ1) is 8.23. The Hall–Kier alpha value is -2.50. The molecule has 0 aliphatic rings. The van der Waals surface area contributed by atoms with Gasteiger partial charge >= 0.3 is 12.3 Å². The lowest BCUT2D eigenvalue weighted by Gasteiger charge is -2.12. The molecule has 18 heavy (non-hydrogen) atoms. The van der Waals surface area contributed by atoms with Crippen LogP contribution in [0.4, 0.5) is 18.9 Å². The Morgan fingerprint density at radius 1 is 1.61 bits per heavy atom. The molecule has 3 N–H and O–H groups in total. The van der Waals surface area contributed by atoms with Gasteiger partial charge in [-0.1, -0.05) is 0 Å². The summed E-state index contributed by atoms with van der Waals surface area (Å²) in [5, 5.41) is 17.1. The number of hydrogen-bond donors (Lipinski definition) is 2. The van der Waals surface area contributed by atoms with Crippen molar-refractivity contribution in [2.24, 2.45) is 0 Å². The van der Waals surface area contributed by atoms with E-state index in [1.54, 1.807) is 0 Å². The smallest absolute Gasteiger partial charge is 0.481 e. The molecular formula is C9H6F3N3O3. The van der Waals surface area contributed by atoms with Gasteiger partial charge in [-0.25, -0.2) is 0 Å². The van der Waals surface area contributed by atoms with E-state index in [2.05, 4.69) is 9.72 Å². The Morgan fingerprint density at radius 2 is 2.22 bits per heavy atom. The molecule has 0 saturated heterocycles. The topological polar surface area (TPSA) is 109 Å². The lowest BCUT2D eigenvalue weighted by Crippen LogP contribution is -2.20. The van der Waals surface area contributed by atoms with Crippen molar-refractivity contribution in [1.82, 2.24) is 4.98 Å². The lowest BCUT2D eigenvalue weighted by molar-refractivity contribution is -0.276. The minimum Gasteiger partial charge on any atom is -0.481 e. The second kappa shape index (κ2) is 4.79. The van der Waals surface area contributed by atoms with Crippen LogP contribution in [0.5, 0.6) is 5.88 Å². The first-order valence-electron chi connectivity index (χ1n) is 4.40. The number of nitriles is 1. The fourth-order valence-electron chi connectivity index (χ4n) is 1.13. The molecule has 0 unspecified atom stereocenters. The number of nitrogens with two attached hydrogens (primary N) is 1. The Bertz CT molecular complexity index is 522. The van der Waals surface area contributed by atoms with E-state index in [0.29, 0.717) is 0 Å². The molecule has 0 fully saturated rings. The molecule has 0 amide bonds. The second-order valence-corrected chi connectivity index (χ2v) is 3.12. The highest BCUT2D eigenvalue weighted by Gasteiger charge is 2.33. The maximum atomic E-state index is 12.1. The molecule has 0 radical (unpaired) electrons. The largest absolute Gasteiger partial charge is 0.574 e. The minimum absolute atomic E-state index is 0.219. The van der Waals surface area contributed by atoms with E-state index in [1.165, 1.54) is 6.07 Å². The second-order valence-electron chi connectivity index (χ2n) is 3.12. The van der Waals surface area contributed by atoms with Crippen LogP contribution < -0.4 is 10.5 Å². The van der Waals surface area contributed by atoms with Crippen molar-refractivity contribution >= 4 is 11.7 Å². The van der Waals surface area contributed by atoms with Gasteiger partial charge in [-0.05, 0) is 6.07 Å². The number of nitrogens with zero attached hydrogens (tertiary/aromatic N) is 2. The number of halogens is 3. The highest BCUT2D eigenvalue weighted by Crippen LogP contribution is 2.27. The van der Waals surface area contributed by atoms with Gasteiger partial charge < -0.3 is 15.6 Å². The maximum absolute atomic E-state index is 12.1. The van der Waals surface area contributed by atoms with Gasteiger partial charge in [0.2, 0.25) is 5.88 Å². The minimum atomic E-state index is -5.04. The summed E-state index contributed by atoms with van der Waals surface area (Å²) in [6.07, 6.45) is -5.79. The molecular weight excluding hydrogens is 255 g/mol. The molecule has 0 aliphatic heterocycles. The Labute approximate surface area is 98.4 Å². The SMILES string of the molecule is N#Cc1nc(OC(F)(F)F)c(CC(=O)O)cc1N. The Morgan fingerprint density at radius 3 is 2.67 bits per heavy atom. The zero-order valence-electron chi connectivity index (χ0n) is 8.65. The van der Waals surface area contributed by atoms with Gasteiger partial charge in [0.25, 0.3) is 0 Å². The van der Waals surface area contributed by atoms with Crippen molar-refractivity contribution in [3.05, 3.63) is 17.3 Å². The Balaban J connectivity index is 3.26. The summed E-state index contributed by atoms with van der Waals surface area (Å²) < 4.78 is 39.8. The predicted octanol–water partition coefficient (Wildman–Crippen LogP) is 1.06. The van der Waals surface area contributed by atoms with Gasteiger partial charge in [-0.3, -0.25) is 4.79 Å². The van der Waals surface area contributed by atoms with Crippen LogP contribution in [-0.2, 0) is 11.2 Å².